The van der Waals surface area contributed by atoms with Gasteiger partial charge in [-0.2, -0.15) is 0 Å². The maximum atomic E-state index is 12.4. The van der Waals surface area contributed by atoms with Gasteiger partial charge in [-0.05, 0) is 36.7 Å². The molecule has 20 heavy (non-hydrogen) atoms. The average Bonchev–Trinajstić information content (AvgIpc) is 2.89. The first-order valence-corrected chi connectivity index (χ1v) is 7.65. The zero-order chi connectivity index (χ0) is 14.5. The van der Waals surface area contributed by atoms with Crippen LogP contribution in [0.25, 0.3) is 0 Å². The maximum Gasteiger partial charge on any atom is 0.144 e. The first kappa shape index (κ1) is 15.8. The minimum Gasteiger partial charge on any atom is -0.379 e. The predicted octanol–water partition coefficient (Wildman–Crippen LogP) is 3.12. The lowest BCUT2D eigenvalue weighted by atomic mass is 9.93. The molecule has 2 unspecified atom stereocenters. The zero-order valence-corrected chi connectivity index (χ0v) is 13.0. The Morgan fingerprint density at radius 1 is 1.40 bits per heavy atom. The van der Waals surface area contributed by atoms with Crippen LogP contribution in [0, 0.1) is 5.92 Å². The third-order valence-electron chi connectivity index (χ3n) is 3.52. The van der Waals surface area contributed by atoms with Crippen LogP contribution in [0.5, 0.6) is 0 Å². The number of carbonyl (C=O) groups excluding carboxylic acids is 1. The van der Waals surface area contributed by atoms with Crippen LogP contribution in [-0.2, 0) is 16.0 Å². The molecule has 3 nitrogen and oxygen atoms in total. The second-order valence-electron chi connectivity index (χ2n) is 5.08. The Kier molecular flexibility index (Phi) is 5.85. The van der Waals surface area contributed by atoms with Gasteiger partial charge in [0.1, 0.15) is 5.78 Å². The quantitative estimate of drug-likeness (QED) is 0.876. The summed E-state index contributed by atoms with van der Waals surface area (Å²) in [5.41, 5.74) is 0.783. The minimum absolute atomic E-state index is 0.100. The number of Topliss-reactive ketones (excluding diaryl/α,β-unsaturated/α-hetero) is 1. The number of hydrogen-bond acceptors (Lipinski definition) is 3. The van der Waals surface area contributed by atoms with Crippen molar-refractivity contribution < 1.29 is 9.53 Å². The second-order valence-corrected chi connectivity index (χ2v) is 5.93. The van der Waals surface area contributed by atoms with E-state index in [9.17, 15) is 4.79 Å². The lowest BCUT2D eigenvalue weighted by Gasteiger charge is -2.18. The van der Waals surface area contributed by atoms with Gasteiger partial charge in [0.15, 0.2) is 0 Å². The number of nitrogens with one attached hydrogen (secondary N) is 1. The molecule has 2 atom stereocenters. The Labute approximate surface area is 129 Å². The SMILES string of the molecule is CCCNC1COCC1C(=O)Cc1cc(Cl)ccc1Cl. The summed E-state index contributed by atoms with van der Waals surface area (Å²) >= 11 is 12.1. The van der Waals surface area contributed by atoms with E-state index in [2.05, 4.69) is 12.2 Å². The summed E-state index contributed by atoms with van der Waals surface area (Å²) in [6.45, 7) is 4.08. The van der Waals surface area contributed by atoms with Gasteiger partial charge in [-0.25, -0.2) is 0 Å². The van der Waals surface area contributed by atoms with Crippen molar-refractivity contribution in [1.82, 2.24) is 5.32 Å². The molecule has 5 heteroatoms. The van der Waals surface area contributed by atoms with Crippen molar-refractivity contribution in [2.75, 3.05) is 19.8 Å². The van der Waals surface area contributed by atoms with E-state index in [1.807, 2.05) is 0 Å². The molecule has 2 rings (SSSR count). The smallest absolute Gasteiger partial charge is 0.144 e. The monoisotopic (exact) mass is 315 g/mol. The molecule has 1 aromatic carbocycles. The van der Waals surface area contributed by atoms with E-state index in [0.717, 1.165) is 18.5 Å². The van der Waals surface area contributed by atoms with E-state index >= 15 is 0 Å². The molecule has 1 aliphatic heterocycles. The zero-order valence-electron chi connectivity index (χ0n) is 11.5. The molecule has 1 aromatic rings. The fourth-order valence-electron chi connectivity index (χ4n) is 2.40. The van der Waals surface area contributed by atoms with Crippen LogP contribution >= 0.6 is 23.2 Å². The summed E-state index contributed by atoms with van der Waals surface area (Å²) in [6, 6.07) is 5.32. The molecule has 0 spiro atoms. The number of ether oxygens (including phenoxy) is 1. The number of benzene rings is 1. The van der Waals surface area contributed by atoms with Gasteiger partial charge in [-0.3, -0.25) is 4.79 Å². The molecular weight excluding hydrogens is 297 g/mol. The molecule has 1 heterocycles. The van der Waals surface area contributed by atoms with Gasteiger partial charge in [0, 0.05) is 22.5 Å². The fourth-order valence-corrected chi connectivity index (χ4v) is 2.78. The standard InChI is InChI=1S/C15H19Cl2NO2/c1-2-5-18-14-9-20-8-12(14)15(19)7-10-6-11(16)3-4-13(10)17/h3-4,6,12,14,18H,2,5,7-9H2,1H3. The van der Waals surface area contributed by atoms with Crippen LogP contribution in [0.2, 0.25) is 10.0 Å². The number of ketones is 1. The molecule has 0 aliphatic carbocycles. The molecule has 0 saturated carbocycles. The molecule has 1 N–H and O–H groups in total. The van der Waals surface area contributed by atoms with Crippen molar-refractivity contribution >= 4 is 29.0 Å². The molecule has 1 fully saturated rings. The largest absolute Gasteiger partial charge is 0.379 e. The van der Waals surface area contributed by atoms with E-state index in [0.29, 0.717) is 29.7 Å². The Hall–Kier alpha value is -0.610. The summed E-state index contributed by atoms with van der Waals surface area (Å²) in [4.78, 5) is 12.4. The van der Waals surface area contributed by atoms with Crippen molar-refractivity contribution in [3.05, 3.63) is 33.8 Å². The summed E-state index contributed by atoms with van der Waals surface area (Å²) in [7, 11) is 0. The normalized spacial score (nSPS) is 22.1. The average molecular weight is 316 g/mol. The fraction of sp³-hybridized carbons (Fsp3) is 0.533. The highest BCUT2D eigenvalue weighted by Gasteiger charge is 2.33. The summed E-state index contributed by atoms with van der Waals surface area (Å²) < 4.78 is 5.44. The lowest BCUT2D eigenvalue weighted by Crippen LogP contribution is -2.40. The van der Waals surface area contributed by atoms with Crippen LogP contribution < -0.4 is 5.32 Å². The van der Waals surface area contributed by atoms with Crippen LogP contribution in [0.3, 0.4) is 0 Å². The van der Waals surface area contributed by atoms with Gasteiger partial charge in [-0.15, -0.1) is 0 Å². The first-order valence-electron chi connectivity index (χ1n) is 6.89. The van der Waals surface area contributed by atoms with Crippen molar-refractivity contribution in [1.29, 1.82) is 0 Å². The Morgan fingerprint density at radius 3 is 2.95 bits per heavy atom. The molecule has 0 amide bonds. The Balaban J connectivity index is 2.01. The number of rotatable bonds is 6. The van der Waals surface area contributed by atoms with Crippen molar-refractivity contribution in [3.63, 3.8) is 0 Å². The van der Waals surface area contributed by atoms with Crippen molar-refractivity contribution in [2.45, 2.75) is 25.8 Å². The second kappa shape index (κ2) is 7.41. The van der Waals surface area contributed by atoms with Gasteiger partial charge < -0.3 is 10.1 Å². The highest BCUT2D eigenvalue weighted by molar-refractivity contribution is 6.33. The molecule has 0 radical (unpaired) electrons. The molecule has 1 saturated heterocycles. The predicted molar refractivity (Wildman–Crippen MR) is 81.6 cm³/mol. The van der Waals surface area contributed by atoms with E-state index in [4.69, 9.17) is 27.9 Å². The lowest BCUT2D eigenvalue weighted by molar-refractivity contribution is -0.122. The minimum atomic E-state index is -0.100. The van der Waals surface area contributed by atoms with Gasteiger partial charge >= 0.3 is 0 Å². The molecule has 1 aliphatic rings. The highest BCUT2D eigenvalue weighted by Crippen LogP contribution is 2.24. The summed E-state index contributed by atoms with van der Waals surface area (Å²) in [5, 5.41) is 4.55. The van der Waals surface area contributed by atoms with Gasteiger partial charge in [0.2, 0.25) is 0 Å². The Morgan fingerprint density at radius 2 is 2.20 bits per heavy atom. The molecule has 110 valence electrons. The van der Waals surface area contributed by atoms with Crippen molar-refractivity contribution in [2.24, 2.45) is 5.92 Å². The summed E-state index contributed by atoms with van der Waals surface area (Å²) in [5.74, 6) is 0.0527. The highest BCUT2D eigenvalue weighted by atomic mass is 35.5. The van der Waals surface area contributed by atoms with E-state index in [-0.39, 0.29) is 17.7 Å². The van der Waals surface area contributed by atoms with Gasteiger partial charge in [0.25, 0.3) is 0 Å². The third kappa shape index (κ3) is 3.95. The number of halogens is 2. The van der Waals surface area contributed by atoms with Gasteiger partial charge in [-0.1, -0.05) is 30.1 Å². The van der Waals surface area contributed by atoms with Crippen molar-refractivity contribution in [3.8, 4) is 0 Å². The topological polar surface area (TPSA) is 38.3 Å². The van der Waals surface area contributed by atoms with E-state index < -0.39 is 0 Å². The first-order chi connectivity index (χ1) is 9.61. The molecule has 0 bridgehead atoms. The molecule has 0 aromatic heterocycles. The Bertz CT molecular complexity index is 479. The van der Waals surface area contributed by atoms with Crippen LogP contribution in [-0.4, -0.2) is 31.6 Å². The number of carbonyl (C=O) groups is 1. The summed E-state index contributed by atoms with van der Waals surface area (Å²) in [6.07, 6.45) is 1.34. The van der Waals surface area contributed by atoms with E-state index in [1.54, 1.807) is 18.2 Å². The van der Waals surface area contributed by atoms with Crippen LogP contribution in [0.4, 0.5) is 0 Å². The van der Waals surface area contributed by atoms with Crippen LogP contribution in [0.1, 0.15) is 18.9 Å². The van der Waals surface area contributed by atoms with E-state index in [1.165, 1.54) is 0 Å². The van der Waals surface area contributed by atoms with Gasteiger partial charge in [0.05, 0.1) is 19.1 Å². The molecular formula is C15H19Cl2NO2. The number of hydrogen-bond donors (Lipinski definition) is 1. The van der Waals surface area contributed by atoms with Crippen LogP contribution in [0.15, 0.2) is 18.2 Å². The third-order valence-corrected chi connectivity index (χ3v) is 4.13. The maximum absolute atomic E-state index is 12.4.